The van der Waals surface area contributed by atoms with Crippen LogP contribution in [0.4, 0.5) is 0 Å². The maximum atomic E-state index is 12.8. The van der Waals surface area contributed by atoms with E-state index in [0.29, 0.717) is 6.04 Å². The lowest BCUT2D eigenvalue weighted by molar-refractivity contribution is 0.0615. The van der Waals surface area contributed by atoms with E-state index in [9.17, 15) is 4.79 Å². The number of para-hydroxylation sites is 1. The quantitative estimate of drug-likeness (QED) is 0.774. The van der Waals surface area contributed by atoms with E-state index in [0.717, 1.165) is 43.7 Å². The molecule has 0 spiro atoms. The van der Waals surface area contributed by atoms with Crippen LogP contribution in [0.25, 0.3) is 10.9 Å². The molecule has 1 N–H and O–H groups in total. The second-order valence-electron chi connectivity index (χ2n) is 5.40. The highest BCUT2D eigenvalue weighted by Crippen LogP contribution is 2.26. The molecule has 0 bridgehead atoms. The van der Waals surface area contributed by atoms with Gasteiger partial charge in [0.05, 0.1) is 11.1 Å². The molecule has 1 atom stereocenters. The maximum Gasteiger partial charge on any atom is 0.256 e. The van der Waals surface area contributed by atoms with Gasteiger partial charge in [-0.3, -0.25) is 4.79 Å². The van der Waals surface area contributed by atoms with Crippen LogP contribution in [0.15, 0.2) is 30.5 Å². The number of amides is 1. The van der Waals surface area contributed by atoms with Gasteiger partial charge in [-0.15, -0.1) is 0 Å². The zero-order valence-corrected chi connectivity index (χ0v) is 10.8. The van der Waals surface area contributed by atoms with Crippen LogP contribution >= 0.6 is 0 Å². The number of hydrogen-bond donors (Lipinski definition) is 1. The second-order valence-corrected chi connectivity index (χ2v) is 5.40. The van der Waals surface area contributed by atoms with Gasteiger partial charge >= 0.3 is 0 Å². The zero-order valence-electron chi connectivity index (χ0n) is 10.8. The summed E-state index contributed by atoms with van der Waals surface area (Å²) in [5.74, 6) is 0.191. The highest BCUT2D eigenvalue weighted by atomic mass is 16.2. The van der Waals surface area contributed by atoms with Crippen LogP contribution in [0.5, 0.6) is 0 Å². The van der Waals surface area contributed by atoms with E-state index in [-0.39, 0.29) is 5.91 Å². The molecule has 4 nitrogen and oxygen atoms in total. The first-order valence-electron chi connectivity index (χ1n) is 6.94. The third-order valence-electron chi connectivity index (χ3n) is 4.33. The van der Waals surface area contributed by atoms with Gasteiger partial charge < -0.3 is 14.8 Å². The van der Waals surface area contributed by atoms with Gasteiger partial charge in [0.15, 0.2) is 0 Å². The fourth-order valence-electron chi connectivity index (χ4n) is 3.35. The predicted octanol–water partition coefficient (Wildman–Crippen LogP) is 1.46. The minimum Gasteiger partial charge on any atom is -0.347 e. The van der Waals surface area contributed by atoms with Crippen LogP contribution in [0.3, 0.4) is 0 Å². The number of rotatable bonds is 0. The molecule has 2 aliphatic rings. The Hall–Kier alpha value is -1.81. The molecule has 1 aromatic carbocycles. The van der Waals surface area contributed by atoms with Crippen molar-refractivity contribution < 1.29 is 4.79 Å². The summed E-state index contributed by atoms with van der Waals surface area (Å²) in [7, 11) is 0. The number of aryl methyl sites for hydroxylation is 1. The van der Waals surface area contributed by atoms with Crippen molar-refractivity contribution in [2.75, 3.05) is 19.6 Å². The average Bonchev–Trinajstić information content (AvgIpc) is 2.86. The number of carbonyl (C=O) groups is 1. The van der Waals surface area contributed by atoms with Crippen LogP contribution in [0, 0.1) is 0 Å². The zero-order chi connectivity index (χ0) is 12.8. The summed E-state index contributed by atoms with van der Waals surface area (Å²) in [4.78, 5) is 14.9. The van der Waals surface area contributed by atoms with Gasteiger partial charge in [-0.2, -0.15) is 0 Å². The van der Waals surface area contributed by atoms with Crippen molar-refractivity contribution in [2.24, 2.45) is 0 Å². The first kappa shape index (κ1) is 11.1. The number of piperazine rings is 1. The molecule has 2 aliphatic heterocycles. The first-order chi connectivity index (χ1) is 9.34. The van der Waals surface area contributed by atoms with E-state index >= 15 is 0 Å². The summed E-state index contributed by atoms with van der Waals surface area (Å²) >= 11 is 0. The molecule has 4 rings (SSSR count). The van der Waals surface area contributed by atoms with Crippen molar-refractivity contribution >= 4 is 16.8 Å². The monoisotopic (exact) mass is 255 g/mol. The Balaban J connectivity index is 1.91. The fraction of sp³-hybridized carbons (Fsp3) is 0.400. The molecule has 3 heterocycles. The minimum atomic E-state index is 0.191. The number of fused-ring (bicyclic) bond motifs is 1. The standard InChI is InChI=1S/C15H17N3O/c19-15-13-3-1-2-11-4-7-17(14(11)13)8-5-12-10-16-6-9-18(12)15/h1-4,7,12,16H,5-6,8-10H2. The van der Waals surface area contributed by atoms with E-state index in [1.807, 2.05) is 12.1 Å². The molecule has 98 valence electrons. The van der Waals surface area contributed by atoms with Crippen LogP contribution in [0.1, 0.15) is 16.8 Å². The number of benzene rings is 1. The van der Waals surface area contributed by atoms with Gasteiger partial charge in [-0.1, -0.05) is 12.1 Å². The van der Waals surface area contributed by atoms with Gasteiger partial charge in [-0.25, -0.2) is 0 Å². The molecule has 1 unspecified atom stereocenters. The number of nitrogens with one attached hydrogen (secondary N) is 1. The van der Waals surface area contributed by atoms with E-state index in [1.165, 1.54) is 5.39 Å². The molecule has 1 fully saturated rings. The molecule has 0 aliphatic carbocycles. The number of hydrogen-bond acceptors (Lipinski definition) is 2. The molecule has 0 saturated carbocycles. The highest BCUT2D eigenvalue weighted by Gasteiger charge is 2.30. The Labute approximate surface area is 112 Å². The molecule has 1 saturated heterocycles. The Morgan fingerprint density at radius 3 is 3.11 bits per heavy atom. The van der Waals surface area contributed by atoms with Crippen molar-refractivity contribution in [3.8, 4) is 0 Å². The van der Waals surface area contributed by atoms with Crippen molar-refractivity contribution in [3.05, 3.63) is 36.0 Å². The lowest BCUT2D eigenvalue weighted by Gasteiger charge is -2.38. The molecule has 0 radical (unpaired) electrons. The topological polar surface area (TPSA) is 37.3 Å². The van der Waals surface area contributed by atoms with Gasteiger partial charge in [0, 0.05) is 43.8 Å². The number of aromatic nitrogens is 1. The molecular formula is C15H17N3O. The average molecular weight is 255 g/mol. The SMILES string of the molecule is O=C1c2cccc3ccn(c23)CCC2CNCCN12. The molecule has 19 heavy (non-hydrogen) atoms. The van der Waals surface area contributed by atoms with Crippen molar-refractivity contribution in [1.29, 1.82) is 0 Å². The summed E-state index contributed by atoms with van der Waals surface area (Å²) < 4.78 is 2.23. The summed E-state index contributed by atoms with van der Waals surface area (Å²) in [6, 6.07) is 8.46. The smallest absolute Gasteiger partial charge is 0.256 e. The molecule has 1 aromatic heterocycles. The molecular weight excluding hydrogens is 238 g/mol. The second kappa shape index (κ2) is 4.10. The predicted molar refractivity (Wildman–Crippen MR) is 74.2 cm³/mol. The highest BCUT2D eigenvalue weighted by molar-refractivity contribution is 6.06. The molecule has 1 amide bonds. The van der Waals surface area contributed by atoms with Crippen LogP contribution in [-0.2, 0) is 6.54 Å². The number of nitrogens with zero attached hydrogens (tertiary/aromatic N) is 2. The van der Waals surface area contributed by atoms with E-state index < -0.39 is 0 Å². The molecule has 2 aromatic rings. The van der Waals surface area contributed by atoms with Crippen molar-refractivity contribution in [3.63, 3.8) is 0 Å². The lowest BCUT2D eigenvalue weighted by atomic mass is 10.0. The van der Waals surface area contributed by atoms with Crippen molar-refractivity contribution in [2.45, 2.75) is 19.0 Å². The fourth-order valence-corrected chi connectivity index (χ4v) is 3.35. The summed E-state index contributed by atoms with van der Waals surface area (Å²) in [5.41, 5.74) is 1.96. The van der Waals surface area contributed by atoms with E-state index in [2.05, 4.69) is 33.1 Å². The van der Waals surface area contributed by atoms with Crippen molar-refractivity contribution in [1.82, 2.24) is 14.8 Å². The normalized spacial score (nSPS) is 23.1. The summed E-state index contributed by atoms with van der Waals surface area (Å²) in [6.45, 7) is 3.62. The third-order valence-corrected chi connectivity index (χ3v) is 4.33. The maximum absolute atomic E-state index is 12.8. The largest absolute Gasteiger partial charge is 0.347 e. The van der Waals surface area contributed by atoms with E-state index in [4.69, 9.17) is 0 Å². The Morgan fingerprint density at radius 1 is 1.21 bits per heavy atom. The Morgan fingerprint density at radius 2 is 2.16 bits per heavy atom. The van der Waals surface area contributed by atoms with Gasteiger partial charge in [0.25, 0.3) is 5.91 Å². The van der Waals surface area contributed by atoms with Gasteiger partial charge in [-0.05, 0) is 18.6 Å². The van der Waals surface area contributed by atoms with Crippen LogP contribution < -0.4 is 5.32 Å². The Bertz CT molecular complexity index is 646. The Kier molecular flexibility index (Phi) is 2.38. The first-order valence-corrected chi connectivity index (χ1v) is 6.94. The van der Waals surface area contributed by atoms with Crippen LogP contribution in [0.2, 0.25) is 0 Å². The third kappa shape index (κ3) is 1.60. The minimum absolute atomic E-state index is 0.191. The summed E-state index contributed by atoms with van der Waals surface area (Å²) in [6.07, 6.45) is 3.13. The van der Waals surface area contributed by atoms with E-state index in [1.54, 1.807) is 0 Å². The van der Waals surface area contributed by atoms with Gasteiger partial charge in [0.1, 0.15) is 0 Å². The van der Waals surface area contributed by atoms with Gasteiger partial charge in [0.2, 0.25) is 0 Å². The lowest BCUT2D eigenvalue weighted by Crippen LogP contribution is -2.54. The molecule has 4 heteroatoms. The van der Waals surface area contributed by atoms with Crippen LogP contribution in [-0.4, -0.2) is 41.1 Å². The number of carbonyl (C=O) groups excluding carboxylic acids is 1. The summed E-state index contributed by atoms with van der Waals surface area (Å²) in [5, 5.41) is 4.56.